The van der Waals surface area contributed by atoms with Gasteiger partial charge in [-0.25, -0.2) is 0 Å². The molecule has 0 aromatic carbocycles. The number of pyridine rings is 1. The molecule has 0 saturated heterocycles. The Balaban J connectivity index is 3.28. The number of aliphatic carboxylic acids is 1. The van der Waals surface area contributed by atoms with E-state index in [9.17, 15) is 28.1 Å². The summed E-state index contributed by atoms with van der Waals surface area (Å²) in [6.45, 7) is 0. The lowest BCUT2D eigenvalue weighted by atomic mass is 10.2. The van der Waals surface area contributed by atoms with Crippen molar-refractivity contribution in [3.8, 4) is 5.88 Å². The highest BCUT2D eigenvalue weighted by atomic mass is 127. The number of aromatic nitrogens is 1. The van der Waals surface area contributed by atoms with E-state index in [2.05, 4.69) is 9.72 Å². The molecular weight excluding hydrogens is 388 g/mol. The molecule has 19 heavy (non-hydrogen) atoms. The van der Waals surface area contributed by atoms with E-state index in [1.165, 1.54) is 22.6 Å². The maximum Gasteiger partial charge on any atom is 0.575 e. The van der Waals surface area contributed by atoms with E-state index >= 15 is 0 Å². The highest BCUT2D eigenvalue weighted by molar-refractivity contribution is 14.1. The van der Waals surface area contributed by atoms with Crippen LogP contribution in [0.25, 0.3) is 0 Å². The third-order valence-corrected chi connectivity index (χ3v) is 2.50. The Labute approximate surface area is 116 Å². The molecule has 0 unspecified atom stereocenters. The van der Waals surface area contributed by atoms with Crippen molar-refractivity contribution in [2.45, 2.75) is 12.8 Å². The van der Waals surface area contributed by atoms with E-state index in [1.807, 2.05) is 0 Å². The largest absolute Gasteiger partial charge is 0.575 e. The minimum atomic E-state index is -5.05. The zero-order chi connectivity index (χ0) is 14.8. The summed E-state index contributed by atoms with van der Waals surface area (Å²) in [4.78, 5) is 23.2. The van der Waals surface area contributed by atoms with Crippen molar-refractivity contribution in [2.75, 3.05) is 0 Å². The lowest BCUT2D eigenvalue weighted by molar-refractivity contribution is -0.390. The minimum absolute atomic E-state index is 0.184. The van der Waals surface area contributed by atoms with Gasteiger partial charge in [-0.1, -0.05) is 0 Å². The SMILES string of the molecule is O=C(O)Cc1cc(I)c(OC(F)(F)F)nc1[N+](=O)[O-]. The summed E-state index contributed by atoms with van der Waals surface area (Å²) in [6, 6.07) is 0.918. The fraction of sp³-hybridized carbons (Fsp3) is 0.250. The summed E-state index contributed by atoms with van der Waals surface area (Å²) < 4.78 is 39.4. The van der Waals surface area contributed by atoms with Gasteiger partial charge in [0.1, 0.15) is 3.57 Å². The van der Waals surface area contributed by atoms with Crippen LogP contribution in [0.4, 0.5) is 19.0 Å². The van der Waals surface area contributed by atoms with Gasteiger partial charge in [0, 0.05) is 4.98 Å². The molecule has 1 aromatic rings. The van der Waals surface area contributed by atoms with Gasteiger partial charge in [-0.05, 0) is 33.6 Å². The summed E-state index contributed by atoms with van der Waals surface area (Å²) in [5, 5.41) is 19.2. The summed E-state index contributed by atoms with van der Waals surface area (Å²) >= 11 is 1.41. The molecule has 104 valence electrons. The fourth-order valence-corrected chi connectivity index (χ4v) is 1.74. The van der Waals surface area contributed by atoms with Gasteiger partial charge in [-0.15, -0.1) is 13.2 Å². The number of rotatable bonds is 4. The second kappa shape index (κ2) is 5.54. The van der Waals surface area contributed by atoms with Gasteiger partial charge in [-0.3, -0.25) is 4.79 Å². The maximum atomic E-state index is 12.0. The molecule has 0 saturated carbocycles. The number of hydrogen-bond acceptors (Lipinski definition) is 5. The molecule has 0 aliphatic carbocycles. The first-order valence-corrected chi connectivity index (χ1v) is 5.49. The molecule has 0 fully saturated rings. The minimum Gasteiger partial charge on any atom is -0.481 e. The van der Waals surface area contributed by atoms with Crippen molar-refractivity contribution in [3.05, 3.63) is 25.3 Å². The van der Waals surface area contributed by atoms with Crippen LogP contribution in [0.1, 0.15) is 5.56 Å². The summed E-state index contributed by atoms with van der Waals surface area (Å²) in [5.41, 5.74) is -0.309. The number of carboxylic acid groups (broad SMARTS) is 1. The number of nitrogens with zero attached hydrogens (tertiary/aromatic N) is 2. The standard InChI is InChI=1S/C8H4F3IN2O5/c9-8(10,11)19-7-4(12)1-3(2-5(15)16)6(13-7)14(17)18/h1H,2H2,(H,15,16). The Morgan fingerprint density at radius 3 is 2.58 bits per heavy atom. The van der Waals surface area contributed by atoms with Crippen LogP contribution in [0, 0.1) is 13.7 Å². The fourth-order valence-electron chi connectivity index (χ4n) is 1.13. The Bertz CT molecular complexity index is 534. The highest BCUT2D eigenvalue weighted by Crippen LogP contribution is 2.30. The number of carboxylic acids is 1. The van der Waals surface area contributed by atoms with Crippen LogP contribution in [-0.4, -0.2) is 27.3 Å². The first-order valence-electron chi connectivity index (χ1n) is 4.41. The van der Waals surface area contributed by atoms with Gasteiger partial charge in [-0.2, -0.15) is 0 Å². The molecule has 0 aliphatic heterocycles. The van der Waals surface area contributed by atoms with Crippen molar-refractivity contribution in [1.82, 2.24) is 4.98 Å². The summed E-state index contributed by atoms with van der Waals surface area (Å²) in [6.07, 6.45) is -5.78. The maximum absolute atomic E-state index is 12.0. The van der Waals surface area contributed by atoms with Crippen molar-refractivity contribution in [2.24, 2.45) is 0 Å². The summed E-state index contributed by atoms with van der Waals surface area (Å²) in [7, 11) is 0. The van der Waals surface area contributed by atoms with E-state index in [0.29, 0.717) is 0 Å². The van der Waals surface area contributed by atoms with Crippen molar-refractivity contribution in [1.29, 1.82) is 0 Å². The molecule has 1 aromatic heterocycles. The number of halogens is 4. The lowest BCUT2D eigenvalue weighted by Crippen LogP contribution is -2.19. The molecule has 1 N–H and O–H groups in total. The number of hydrogen-bond donors (Lipinski definition) is 1. The van der Waals surface area contributed by atoms with Crippen molar-refractivity contribution < 1.29 is 32.7 Å². The molecular formula is C8H4F3IN2O5. The van der Waals surface area contributed by atoms with Crippen LogP contribution in [0.3, 0.4) is 0 Å². The average molecular weight is 392 g/mol. The summed E-state index contributed by atoms with van der Waals surface area (Å²) in [5.74, 6) is -3.35. The van der Waals surface area contributed by atoms with E-state index in [1.54, 1.807) is 0 Å². The highest BCUT2D eigenvalue weighted by Gasteiger charge is 2.36. The second-order valence-corrected chi connectivity index (χ2v) is 4.30. The quantitative estimate of drug-likeness (QED) is 0.479. The number of ether oxygens (including phenoxy) is 1. The van der Waals surface area contributed by atoms with Crippen molar-refractivity contribution in [3.63, 3.8) is 0 Å². The van der Waals surface area contributed by atoms with Crippen LogP contribution >= 0.6 is 22.6 Å². The molecule has 0 amide bonds. The normalized spacial score (nSPS) is 11.2. The molecule has 0 atom stereocenters. The smallest absolute Gasteiger partial charge is 0.481 e. The molecule has 11 heteroatoms. The zero-order valence-corrected chi connectivity index (χ0v) is 10.9. The van der Waals surface area contributed by atoms with Gasteiger partial charge < -0.3 is 20.0 Å². The van der Waals surface area contributed by atoms with Crippen LogP contribution in [0.15, 0.2) is 6.07 Å². The molecule has 1 rings (SSSR count). The first kappa shape index (κ1) is 15.4. The molecule has 0 radical (unpaired) electrons. The first-order chi connectivity index (χ1) is 8.60. The Hall–Kier alpha value is -1.66. The predicted molar refractivity (Wildman–Crippen MR) is 61.6 cm³/mol. The molecule has 7 nitrogen and oxygen atoms in total. The average Bonchev–Trinajstić information content (AvgIpc) is 2.18. The monoisotopic (exact) mass is 392 g/mol. The van der Waals surface area contributed by atoms with Gasteiger partial charge in [0.2, 0.25) is 0 Å². The molecule has 0 spiro atoms. The van der Waals surface area contributed by atoms with Crippen molar-refractivity contribution >= 4 is 34.4 Å². The number of carbonyl (C=O) groups is 1. The molecule has 0 bridgehead atoms. The second-order valence-electron chi connectivity index (χ2n) is 3.13. The van der Waals surface area contributed by atoms with E-state index < -0.39 is 35.4 Å². The van der Waals surface area contributed by atoms with Gasteiger partial charge >= 0.3 is 24.0 Å². The topological polar surface area (TPSA) is 103 Å². The van der Waals surface area contributed by atoms with Crippen LogP contribution in [0.2, 0.25) is 0 Å². The third-order valence-electron chi connectivity index (χ3n) is 1.73. The Morgan fingerprint density at radius 1 is 1.58 bits per heavy atom. The Kier molecular flexibility index (Phi) is 4.49. The number of alkyl halides is 3. The predicted octanol–water partition coefficient (Wildman–Crippen LogP) is 2.12. The Morgan fingerprint density at radius 2 is 2.16 bits per heavy atom. The van der Waals surface area contributed by atoms with E-state index in [-0.39, 0.29) is 9.13 Å². The molecule has 1 heterocycles. The third kappa shape index (κ3) is 4.50. The van der Waals surface area contributed by atoms with E-state index in [0.717, 1.165) is 6.07 Å². The van der Waals surface area contributed by atoms with E-state index in [4.69, 9.17) is 5.11 Å². The van der Waals surface area contributed by atoms with Gasteiger partial charge in [0.05, 0.1) is 12.0 Å². The number of nitro groups is 1. The van der Waals surface area contributed by atoms with Crippen LogP contribution < -0.4 is 4.74 Å². The van der Waals surface area contributed by atoms with Crippen LogP contribution in [-0.2, 0) is 11.2 Å². The van der Waals surface area contributed by atoms with Crippen LogP contribution in [0.5, 0.6) is 5.88 Å². The zero-order valence-electron chi connectivity index (χ0n) is 8.77. The molecule has 0 aliphatic rings. The lowest BCUT2D eigenvalue weighted by Gasteiger charge is -2.07. The van der Waals surface area contributed by atoms with Gasteiger partial charge in [0.25, 0.3) is 0 Å². The van der Waals surface area contributed by atoms with Gasteiger partial charge in [0.15, 0.2) is 0 Å².